The van der Waals surface area contributed by atoms with Crippen molar-refractivity contribution in [2.75, 3.05) is 20.3 Å². The van der Waals surface area contributed by atoms with Gasteiger partial charge in [-0.3, -0.25) is 0 Å². The van der Waals surface area contributed by atoms with E-state index in [1.807, 2.05) is 13.0 Å². The molecule has 1 rings (SSSR count). The fraction of sp³-hybridized carbons (Fsp3) is 0.600. The number of hydrogen-bond acceptors (Lipinski definition) is 3. The van der Waals surface area contributed by atoms with Gasteiger partial charge in [0.1, 0.15) is 5.76 Å². The second-order valence-corrected chi connectivity index (χ2v) is 3.06. The third kappa shape index (κ3) is 2.86. The summed E-state index contributed by atoms with van der Waals surface area (Å²) in [4.78, 5) is 0. The maximum absolute atomic E-state index is 5.24. The van der Waals surface area contributed by atoms with Gasteiger partial charge in [0, 0.05) is 12.7 Å². The van der Waals surface area contributed by atoms with Crippen LogP contribution in [-0.4, -0.2) is 20.3 Å². The average Bonchev–Trinajstić information content (AvgIpc) is 2.51. The number of methoxy groups -OCH3 is 1. The highest BCUT2D eigenvalue weighted by Crippen LogP contribution is 2.16. The molecule has 1 aromatic heterocycles. The molecule has 0 fully saturated rings. The van der Waals surface area contributed by atoms with Crippen molar-refractivity contribution in [3.8, 4) is 0 Å². The Morgan fingerprint density at radius 2 is 2.38 bits per heavy atom. The topological polar surface area (TPSA) is 34.4 Å². The van der Waals surface area contributed by atoms with Crippen molar-refractivity contribution in [1.29, 1.82) is 0 Å². The monoisotopic (exact) mass is 183 g/mol. The average molecular weight is 183 g/mol. The summed E-state index contributed by atoms with van der Waals surface area (Å²) >= 11 is 0. The molecule has 0 saturated carbocycles. The van der Waals surface area contributed by atoms with Gasteiger partial charge in [-0.2, -0.15) is 0 Å². The predicted octanol–water partition coefficient (Wildman–Crippen LogP) is 1.89. The van der Waals surface area contributed by atoms with Gasteiger partial charge in [-0.05, 0) is 19.5 Å². The molecule has 0 saturated heterocycles. The first kappa shape index (κ1) is 10.3. The van der Waals surface area contributed by atoms with Crippen LogP contribution in [0.3, 0.4) is 0 Å². The summed E-state index contributed by atoms with van der Waals surface area (Å²) in [6, 6.07) is 2.28. The van der Waals surface area contributed by atoms with E-state index in [0.29, 0.717) is 6.61 Å². The highest BCUT2D eigenvalue weighted by atomic mass is 16.5. The molecule has 0 spiro atoms. The number of rotatable bonds is 5. The van der Waals surface area contributed by atoms with E-state index >= 15 is 0 Å². The Morgan fingerprint density at radius 3 is 2.85 bits per heavy atom. The molecule has 0 amide bonds. The summed E-state index contributed by atoms with van der Waals surface area (Å²) < 4.78 is 10.4. The quantitative estimate of drug-likeness (QED) is 0.757. The van der Waals surface area contributed by atoms with Crippen molar-refractivity contribution in [2.24, 2.45) is 0 Å². The van der Waals surface area contributed by atoms with Crippen LogP contribution in [0.5, 0.6) is 0 Å². The zero-order chi connectivity index (χ0) is 9.68. The molecule has 1 heterocycles. The molecule has 1 N–H and O–H groups in total. The first-order valence-electron chi connectivity index (χ1n) is 4.55. The minimum Gasteiger partial charge on any atom is -0.469 e. The van der Waals surface area contributed by atoms with Gasteiger partial charge in [0.2, 0.25) is 0 Å². The van der Waals surface area contributed by atoms with Gasteiger partial charge >= 0.3 is 0 Å². The zero-order valence-electron chi connectivity index (χ0n) is 8.46. The molecule has 0 radical (unpaired) electrons. The molecule has 1 atom stereocenters. The van der Waals surface area contributed by atoms with E-state index in [-0.39, 0.29) is 6.04 Å². The van der Waals surface area contributed by atoms with Crippen molar-refractivity contribution < 1.29 is 9.15 Å². The fourth-order valence-electron chi connectivity index (χ4n) is 1.33. The van der Waals surface area contributed by atoms with Crippen LogP contribution < -0.4 is 5.32 Å². The molecule has 0 bridgehead atoms. The van der Waals surface area contributed by atoms with E-state index in [2.05, 4.69) is 12.2 Å². The van der Waals surface area contributed by atoms with Crippen LogP contribution in [-0.2, 0) is 4.74 Å². The molecule has 13 heavy (non-hydrogen) atoms. The van der Waals surface area contributed by atoms with Crippen molar-refractivity contribution in [3.05, 3.63) is 23.7 Å². The number of aryl methyl sites for hydroxylation is 1. The highest BCUT2D eigenvalue weighted by Gasteiger charge is 2.11. The maximum atomic E-state index is 5.24. The molecule has 0 aromatic carbocycles. The lowest BCUT2D eigenvalue weighted by Gasteiger charge is -2.14. The first-order valence-corrected chi connectivity index (χ1v) is 4.55. The van der Waals surface area contributed by atoms with Crippen LogP contribution in [0.4, 0.5) is 0 Å². The third-order valence-corrected chi connectivity index (χ3v) is 1.94. The van der Waals surface area contributed by atoms with Gasteiger partial charge in [0.25, 0.3) is 0 Å². The Kier molecular flexibility index (Phi) is 3.99. The maximum Gasteiger partial charge on any atom is 0.101 e. The summed E-state index contributed by atoms with van der Waals surface area (Å²) in [7, 11) is 1.71. The summed E-state index contributed by atoms with van der Waals surface area (Å²) in [5, 5.41) is 3.33. The van der Waals surface area contributed by atoms with Crippen molar-refractivity contribution in [3.63, 3.8) is 0 Å². The van der Waals surface area contributed by atoms with Crippen LogP contribution in [0.1, 0.15) is 24.3 Å². The Bertz CT molecular complexity index is 239. The van der Waals surface area contributed by atoms with Crippen LogP contribution in [0.2, 0.25) is 0 Å². The smallest absolute Gasteiger partial charge is 0.101 e. The van der Waals surface area contributed by atoms with Gasteiger partial charge < -0.3 is 14.5 Å². The van der Waals surface area contributed by atoms with E-state index in [9.17, 15) is 0 Å². The molecular weight excluding hydrogens is 166 g/mol. The minimum absolute atomic E-state index is 0.243. The van der Waals surface area contributed by atoms with Crippen molar-refractivity contribution in [1.82, 2.24) is 5.32 Å². The number of nitrogens with one attached hydrogen (secondary N) is 1. The number of likely N-dealkylation sites (N-methyl/N-ethyl adjacent to an activating group) is 1. The predicted molar refractivity (Wildman–Crippen MR) is 51.7 cm³/mol. The van der Waals surface area contributed by atoms with Crippen molar-refractivity contribution in [2.45, 2.75) is 19.9 Å². The summed E-state index contributed by atoms with van der Waals surface area (Å²) in [5.41, 5.74) is 1.15. The van der Waals surface area contributed by atoms with Gasteiger partial charge in [0.15, 0.2) is 0 Å². The molecule has 3 nitrogen and oxygen atoms in total. The van der Waals surface area contributed by atoms with Crippen molar-refractivity contribution >= 4 is 0 Å². The Morgan fingerprint density at radius 1 is 1.62 bits per heavy atom. The lowest BCUT2D eigenvalue weighted by atomic mass is 10.1. The second-order valence-electron chi connectivity index (χ2n) is 3.06. The summed E-state index contributed by atoms with van der Waals surface area (Å²) in [6.45, 7) is 5.62. The Hall–Kier alpha value is -0.800. The SMILES string of the molecule is CCNC(COC)c1coc(C)c1. The molecule has 0 aliphatic carbocycles. The van der Waals surface area contributed by atoms with Gasteiger partial charge in [0.05, 0.1) is 18.9 Å². The van der Waals surface area contributed by atoms with Crippen LogP contribution in [0, 0.1) is 6.92 Å². The van der Waals surface area contributed by atoms with Gasteiger partial charge in [-0.15, -0.1) is 0 Å². The molecule has 1 unspecified atom stereocenters. The van der Waals surface area contributed by atoms with E-state index in [4.69, 9.17) is 9.15 Å². The minimum atomic E-state index is 0.243. The van der Waals surface area contributed by atoms with Crippen LogP contribution in [0.15, 0.2) is 16.7 Å². The van der Waals surface area contributed by atoms with Crippen LogP contribution >= 0.6 is 0 Å². The highest BCUT2D eigenvalue weighted by molar-refractivity contribution is 5.16. The number of furan rings is 1. The Labute approximate surface area is 79.1 Å². The summed E-state index contributed by atoms with van der Waals surface area (Å²) in [6.07, 6.45) is 1.78. The molecule has 74 valence electrons. The molecule has 1 aromatic rings. The van der Waals surface area contributed by atoms with Gasteiger partial charge in [-0.25, -0.2) is 0 Å². The van der Waals surface area contributed by atoms with E-state index < -0.39 is 0 Å². The van der Waals surface area contributed by atoms with E-state index in [1.54, 1.807) is 13.4 Å². The second kappa shape index (κ2) is 5.04. The van der Waals surface area contributed by atoms with E-state index in [1.165, 1.54) is 0 Å². The molecule has 3 heteroatoms. The van der Waals surface area contributed by atoms with Crippen LogP contribution in [0.25, 0.3) is 0 Å². The normalized spacial score (nSPS) is 13.2. The third-order valence-electron chi connectivity index (χ3n) is 1.94. The van der Waals surface area contributed by atoms with E-state index in [0.717, 1.165) is 17.9 Å². The first-order chi connectivity index (χ1) is 6.27. The fourth-order valence-corrected chi connectivity index (χ4v) is 1.33. The summed E-state index contributed by atoms with van der Waals surface area (Å²) in [5.74, 6) is 0.939. The molecule has 0 aliphatic rings. The largest absolute Gasteiger partial charge is 0.469 e. The number of ether oxygens (including phenoxy) is 1. The molecular formula is C10H17NO2. The lowest BCUT2D eigenvalue weighted by molar-refractivity contribution is 0.167. The number of hydrogen-bond donors (Lipinski definition) is 1. The zero-order valence-corrected chi connectivity index (χ0v) is 8.46. The molecule has 0 aliphatic heterocycles. The standard InChI is InChI=1S/C10H17NO2/c1-4-11-10(7-12-3)9-5-8(2)13-6-9/h5-6,10-11H,4,7H2,1-3H3. The lowest BCUT2D eigenvalue weighted by Crippen LogP contribution is -2.24. The van der Waals surface area contributed by atoms with Gasteiger partial charge in [-0.1, -0.05) is 6.92 Å². The Balaban J connectivity index is 2.63.